The van der Waals surface area contributed by atoms with Crippen molar-refractivity contribution in [3.05, 3.63) is 0 Å². The second-order valence-corrected chi connectivity index (χ2v) is 5.57. The molecule has 0 bridgehead atoms. The van der Waals surface area contributed by atoms with Crippen molar-refractivity contribution in [2.45, 2.75) is 63.5 Å². The Morgan fingerprint density at radius 2 is 1.89 bits per heavy atom. The van der Waals surface area contributed by atoms with Crippen LogP contribution in [-0.2, 0) is 9.53 Å². The number of hydrogen-bond donors (Lipinski definition) is 1. The summed E-state index contributed by atoms with van der Waals surface area (Å²) < 4.78 is 5.57. The molecule has 1 aliphatic heterocycles. The van der Waals surface area contributed by atoms with Crippen LogP contribution in [0.3, 0.4) is 0 Å². The largest absolute Gasteiger partial charge is 0.480 e. The molecule has 5 nitrogen and oxygen atoms in total. The molecule has 1 saturated heterocycles. The highest BCUT2D eigenvalue weighted by Crippen LogP contribution is 2.32. The first kappa shape index (κ1) is 13.2. The minimum Gasteiger partial charge on any atom is -0.480 e. The molecule has 18 heavy (non-hydrogen) atoms. The third-order valence-corrected chi connectivity index (χ3v) is 4.02. The molecule has 2 fully saturated rings. The van der Waals surface area contributed by atoms with Gasteiger partial charge in [0.25, 0.3) is 0 Å². The predicted octanol–water partition coefficient (Wildman–Crippen LogP) is 2.39. The Morgan fingerprint density at radius 3 is 2.50 bits per heavy atom. The minimum absolute atomic E-state index is 0.402. The number of aliphatic carboxylic acids is 1. The molecular formula is C13H21NO4. The van der Waals surface area contributed by atoms with Crippen LogP contribution in [0, 0.1) is 0 Å². The minimum atomic E-state index is -0.932. The Kier molecular flexibility index (Phi) is 3.78. The first-order valence-corrected chi connectivity index (χ1v) is 6.74. The van der Waals surface area contributed by atoms with Crippen molar-refractivity contribution < 1.29 is 19.4 Å². The van der Waals surface area contributed by atoms with E-state index in [2.05, 4.69) is 0 Å². The number of carbonyl (C=O) groups is 2. The molecule has 0 aromatic heterocycles. The molecule has 0 radical (unpaired) electrons. The van der Waals surface area contributed by atoms with E-state index >= 15 is 0 Å². The van der Waals surface area contributed by atoms with Gasteiger partial charge in [-0.15, -0.1) is 0 Å². The summed E-state index contributed by atoms with van der Waals surface area (Å²) in [6.07, 6.45) is 5.91. The maximum atomic E-state index is 12.1. The zero-order chi connectivity index (χ0) is 13.2. The quantitative estimate of drug-likeness (QED) is 0.822. The Morgan fingerprint density at radius 1 is 1.22 bits per heavy atom. The fourth-order valence-corrected chi connectivity index (χ4v) is 2.91. The van der Waals surface area contributed by atoms with Crippen LogP contribution in [-0.4, -0.2) is 40.3 Å². The maximum Gasteiger partial charge on any atom is 0.411 e. The van der Waals surface area contributed by atoms with Crippen LogP contribution < -0.4 is 0 Å². The van der Waals surface area contributed by atoms with Crippen molar-refractivity contribution in [3.8, 4) is 0 Å². The van der Waals surface area contributed by atoms with Crippen molar-refractivity contribution in [3.63, 3.8) is 0 Å². The van der Waals surface area contributed by atoms with Gasteiger partial charge in [0, 0.05) is 6.54 Å². The lowest BCUT2D eigenvalue weighted by molar-refractivity contribution is -0.142. The molecule has 0 aromatic carbocycles. The molecule has 5 heteroatoms. The molecule has 1 unspecified atom stereocenters. The summed E-state index contributed by atoms with van der Waals surface area (Å²) in [6, 6.07) is -0.704. The molecule has 0 aromatic rings. The summed E-state index contributed by atoms with van der Waals surface area (Å²) in [5.74, 6) is -0.932. The first-order chi connectivity index (χ1) is 8.52. The number of amides is 1. The molecule has 1 N–H and O–H groups in total. The van der Waals surface area contributed by atoms with E-state index in [1.165, 1.54) is 11.3 Å². The number of likely N-dealkylation sites (tertiary alicyclic amines) is 1. The Balaban J connectivity index is 1.96. The predicted molar refractivity (Wildman–Crippen MR) is 65.3 cm³/mol. The lowest BCUT2D eigenvalue weighted by Crippen LogP contribution is -2.45. The molecule has 1 amide bonds. The highest BCUT2D eigenvalue weighted by atomic mass is 16.6. The Hall–Kier alpha value is -1.26. The zero-order valence-electron chi connectivity index (χ0n) is 10.9. The van der Waals surface area contributed by atoms with Crippen molar-refractivity contribution >= 4 is 12.1 Å². The van der Waals surface area contributed by atoms with Gasteiger partial charge in [-0.25, -0.2) is 9.59 Å². The van der Waals surface area contributed by atoms with E-state index in [1.807, 2.05) is 6.92 Å². The number of hydrogen-bond acceptors (Lipinski definition) is 3. The molecular weight excluding hydrogens is 234 g/mol. The number of carbonyl (C=O) groups excluding carboxylic acids is 1. The van der Waals surface area contributed by atoms with E-state index in [0.717, 1.165) is 32.1 Å². The van der Waals surface area contributed by atoms with Crippen molar-refractivity contribution in [2.24, 2.45) is 0 Å². The van der Waals surface area contributed by atoms with Gasteiger partial charge in [0.05, 0.1) is 0 Å². The van der Waals surface area contributed by atoms with Gasteiger partial charge in [-0.2, -0.15) is 0 Å². The van der Waals surface area contributed by atoms with E-state index in [-0.39, 0.29) is 0 Å². The number of rotatable bonds is 2. The van der Waals surface area contributed by atoms with Crippen LogP contribution in [0.4, 0.5) is 4.79 Å². The van der Waals surface area contributed by atoms with E-state index in [1.54, 1.807) is 0 Å². The molecule has 1 atom stereocenters. The average Bonchev–Trinajstić information content (AvgIpc) is 2.78. The first-order valence-electron chi connectivity index (χ1n) is 6.74. The summed E-state index contributed by atoms with van der Waals surface area (Å²) in [5, 5.41) is 9.05. The second kappa shape index (κ2) is 5.16. The third kappa shape index (κ3) is 2.76. The molecule has 2 aliphatic rings. The van der Waals surface area contributed by atoms with Crippen LogP contribution in [0.1, 0.15) is 51.9 Å². The van der Waals surface area contributed by atoms with Crippen LogP contribution in [0.5, 0.6) is 0 Å². The van der Waals surface area contributed by atoms with Gasteiger partial charge in [0.2, 0.25) is 0 Å². The molecule has 2 rings (SSSR count). The van der Waals surface area contributed by atoms with E-state index in [9.17, 15) is 9.59 Å². The molecule has 102 valence electrons. The SMILES string of the molecule is CC1(OC(=O)N2CCCC2C(=O)O)CCCCC1. The third-order valence-electron chi connectivity index (χ3n) is 4.02. The van der Waals surface area contributed by atoms with Crippen LogP contribution in [0.15, 0.2) is 0 Å². The lowest BCUT2D eigenvalue weighted by Gasteiger charge is -2.35. The van der Waals surface area contributed by atoms with E-state index < -0.39 is 23.7 Å². The molecule has 1 heterocycles. The smallest absolute Gasteiger partial charge is 0.411 e. The highest BCUT2D eigenvalue weighted by molar-refractivity contribution is 5.80. The van der Waals surface area contributed by atoms with Crippen LogP contribution in [0.25, 0.3) is 0 Å². The fraction of sp³-hybridized carbons (Fsp3) is 0.846. The monoisotopic (exact) mass is 255 g/mol. The van der Waals surface area contributed by atoms with Gasteiger partial charge < -0.3 is 9.84 Å². The summed E-state index contributed by atoms with van der Waals surface area (Å²) in [6.45, 7) is 2.45. The zero-order valence-corrected chi connectivity index (χ0v) is 10.9. The van der Waals surface area contributed by atoms with Crippen molar-refractivity contribution in [1.82, 2.24) is 4.90 Å². The van der Waals surface area contributed by atoms with Gasteiger partial charge >= 0.3 is 12.1 Å². The van der Waals surface area contributed by atoms with Gasteiger partial charge in [0.15, 0.2) is 0 Å². The average molecular weight is 255 g/mol. The summed E-state index contributed by atoms with van der Waals surface area (Å²) in [7, 11) is 0. The standard InChI is InChI=1S/C13H21NO4/c1-13(7-3-2-4-8-13)18-12(17)14-9-5-6-10(14)11(15)16/h10H,2-9H2,1H3,(H,15,16). The lowest BCUT2D eigenvalue weighted by atomic mass is 9.86. The van der Waals surface area contributed by atoms with Gasteiger partial charge in [-0.1, -0.05) is 6.42 Å². The van der Waals surface area contributed by atoms with Gasteiger partial charge in [-0.05, 0) is 45.4 Å². The fourth-order valence-electron chi connectivity index (χ4n) is 2.91. The van der Waals surface area contributed by atoms with E-state index in [4.69, 9.17) is 9.84 Å². The molecule has 1 saturated carbocycles. The van der Waals surface area contributed by atoms with Crippen LogP contribution >= 0.6 is 0 Å². The summed E-state index contributed by atoms with van der Waals surface area (Å²) >= 11 is 0. The number of nitrogens with zero attached hydrogens (tertiary/aromatic N) is 1. The number of carboxylic acids is 1. The number of ether oxygens (including phenoxy) is 1. The second-order valence-electron chi connectivity index (χ2n) is 5.57. The van der Waals surface area contributed by atoms with Gasteiger partial charge in [-0.3, -0.25) is 4.90 Å². The van der Waals surface area contributed by atoms with Crippen LogP contribution in [0.2, 0.25) is 0 Å². The van der Waals surface area contributed by atoms with Crippen molar-refractivity contribution in [1.29, 1.82) is 0 Å². The van der Waals surface area contributed by atoms with E-state index in [0.29, 0.717) is 13.0 Å². The Labute approximate surface area is 107 Å². The summed E-state index contributed by atoms with van der Waals surface area (Å²) in [5.41, 5.74) is -0.402. The number of carboxylic acid groups (broad SMARTS) is 1. The topological polar surface area (TPSA) is 66.8 Å². The van der Waals surface area contributed by atoms with Gasteiger partial charge in [0.1, 0.15) is 11.6 Å². The molecule has 1 aliphatic carbocycles. The molecule has 0 spiro atoms. The van der Waals surface area contributed by atoms with Crippen molar-refractivity contribution in [2.75, 3.05) is 6.54 Å². The summed E-state index contributed by atoms with van der Waals surface area (Å²) in [4.78, 5) is 24.5. The normalized spacial score (nSPS) is 26.9. The Bertz CT molecular complexity index is 336. The maximum absolute atomic E-state index is 12.1. The highest BCUT2D eigenvalue weighted by Gasteiger charge is 2.39.